The molecule has 0 aliphatic heterocycles. The first kappa shape index (κ1) is 16.4. The molecule has 0 unspecified atom stereocenters. The van der Waals surface area contributed by atoms with Crippen LogP contribution in [0.25, 0.3) is 10.2 Å². The van der Waals surface area contributed by atoms with Gasteiger partial charge in [0.15, 0.2) is 0 Å². The predicted molar refractivity (Wildman–Crippen MR) is 98.7 cm³/mol. The van der Waals surface area contributed by atoms with Crippen molar-refractivity contribution >= 4 is 33.3 Å². The van der Waals surface area contributed by atoms with E-state index in [-0.39, 0.29) is 5.91 Å². The first-order chi connectivity index (χ1) is 11.6. The number of anilines is 1. The van der Waals surface area contributed by atoms with Crippen molar-refractivity contribution in [3.63, 3.8) is 0 Å². The molecule has 3 rings (SSSR count). The number of hydrogen-bond acceptors (Lipinski definition) is 5. The fraction of sp³-hybridized carbons (Fsp3) is 0.278. The van der Waals surface area contributed by atoms with E-state index in [0.717, 1.165) is 33.7 Å². The molecule has 0 atom stereocenters. The van der Waals surface area contributed by atoms with Crippen LogP contribution in [0.5, 0.6) is 0 Å². The van der Waals surface area contributed by atoms with Crippen LogP contribution in [0.3, 0.4) is 0 Å². The van der Waals surface area contributed by atoms with Gasteiger partial charge in [-0.2, -0.15) is 0 Å². The van der Waals surface area contributed by atoms with E-state index in [9.17, 15) is 4.79 Å². The Morgan fingerprint density at radius 1 is 1.25 bits per heavy atom. The molecule has 0 radical (unpaired) electrons. The van der Waals surface area contributed by atoms with Crippen molar-refractivity contribution in [1.29, 1.82) is 0 Å². The molecular formula is C18H20N4OS. The molecule has 5 nitrogen and oxygen atoms in total. The first-order valence-corrected chi connectivity index (χ1v) is 8.73. The summed E-state index contributed by atoms with van der Waals surface area (Å²) in [4.78, 5) is 22.7. The lowest BCUT2D eigenvalue weighted by Gasteiger charge is -2.06. The summed E-state index contributed by atoms with van der Waals surface area (Å²) >= 11 is 1.41. The zero-order chi connectivity index (χ0) is 17.1. The maximum absolute atomic E-state index is 12.6. The van der Waals surface area contributed by atoms with Crippen molar-refractivity contribution in [3.05, 3.63) is 52.2 Å². The fourth-order valence-corrected chi connectivity index (χ4v) is 3.74. The molecular weight excluding hydrogens is 320 g/mol. The fourth-order valence-electron chi connectivity index (χ4n) is 2.67. The summed E-state index contributed by atoms with van der Waals surface area (Å²) in [7, 11) is 0. The molecule has 24 heavy (non-hydrogen) atoms. The zero-order valence-electron chi connectivity index (χ0n) is 14.0. The molecule has 0 aliphatic carbocycles. The van der Waals surface area contributed by atoms with E-state index in [1.807, 2.05) is 39.0 Å². The maximum Gasteiger partial charge on any atom is 0.261 e. The Bertz CT molecular complexity index is 888. The monoisotopic (exact) mass is 340 g/mol. The second-order valence-corrected chi connectivity index (χ2v) is 6.66. The van der Waals surface area contributed by atoms with Crippen LogP contribution < -0.4 is 10.6 Å². The number of benzene rings is 1. The Morgan fingerprint density at radius 2 is 2.08 bits per heavy atom. The van der Waals surface area contributed by atoms with Gasteiger partial charge in [-0.25, -0.2) is 9.97 Å². The van der Waals surface area contributed by atoms with Crippen LogP contribution in [-0.4, -0.2) is 22.4 Å². The van der Waals surface area contributed by atoms with Crippen molar-refractivity contribution in [1.82, 2.24) is 15.3 Å². The Labute approximate surface area is 145 Å². The molecule has 0 saturated carbocycles. The van der Waals surface area contributed by atoms with E-state index >= 15 is 0 Å². The molecule has 0 spiro atoms. The van der Waals surface area contributed by atoms with E-state index in [2.05, 4.69) is 26.7 Å². The summed E-state index contributed by atoms with van der Waals surface area (Å²) in [5, 5.41) is 7.17. The number of amides is 1. The Balaban J connectivity index is 1.85. The van der Waals surface area contributed by atoms with Gasteiger partial charge in [0.25, 0.3) is 5.91 Å². The lowest BCUT2D eigenvalue weighted by molar-refractivity contribution is 0.0954. The molecule has 124 valence electrons. The molecule has 0 aliphatic rings. The predicted octanol–water partition coefficient (Wildman–Crippen LogP) is 3.67. The average molecular weight is 340 g/mol. The van der Waals surface area contributed by atoms with Gasteiger partial charge in [0.1, 0.15) is 17.0 Å². The van der Waals surface area contributed by atoms with Gasteiger partial charge in [-0.05, 0) is 31.9 Å². The number of hydrogen-bond donors (Lipinski definition) is 2. The number of rotatable bonds is 5. The summed E-state index contributed by atoms with van der Waals surface area (Å²) in [6.07, 6.45) is 1.53. The van der Waals surface area contributed by atoms with Gasteiger partial charge < -0.3 is 10.6 Å². The SMILES string of the molecule is CCNc1ncnc2sc(C(=O)NCc3cccc(C)c3)c(C)c12. The number of carbonyl (C=O) groups is 1. The topological polar surface area (TPSA) is 66.9 Å². The third kappa shape index (κ3) is 3.23. The van der Waals surface area contributed by atoms with Gasteiger partial charge in [-0.3, -0.25) is 4.79 Å². The molecule has 2 N–H and O–H groups in total. The summed E-state index contributed by atoms with van der Waals surface area (Å²) in [5.41, 5.74) is 3.20. The highest BCUT2D eigenvalue weighted by atomic mass is 32.1. The molecule has 1 aromatic carbocycles. The minimum atomic E-state index is -0.0699. The van der Waals surface area contributed by atoms with Crippen LogP contribution in [0.2, 0.25) is 0 Å². The first-order valence-electron chi connectivity index (χ1n) is 7.92. The minimum absolute atomic E-state index is 0.0699. The highest BCUT2D eigenvalue weighted by Crippen LogP contribution is 2.33. The largest absolute Gasteiger partial charge is 0.370 e. The van der Waals surface area contributed by atoms with Crippen LogP contribution in [0.15, 0.2) is 30.6 Å². The highest BCUT2D eigenvalue weighted by Gasteiger charge is 2.18. The van der Waals surface area contributed by atoms with E-state index in [4.69, 9.17) is 0 Å². The molecule has 2 heterocycles. The van der Waals surface area contributed by atoms with Crippen LogP contribution in [-0.2, 0) is 6.54 Å². The third-order valence-corrected chi connectivity index (χ3v) is 5.01. The maximum atomic E-state index is 12.6. The van der Waals surface area contributed by atoms with E-state index in [1.165, 1.54) is 23.2 Å². The zero-order valence-corrected chi connectivity index (χ0v) is 14.8. The number of nitrogens with zero attached hydrogens (tertiary/aromatic N) is 2. The molecule has 6 heteroatoms. The van der Waals surface area contributed by atoms with Crippen LogP contribution >= 0.6 is 11.3 Å². The molecule has 3 aromatic rings. The lowest BCUT2D eigenvalue weighted by Crippen LogP contribution is -2.22. The van der Waals surface area contributed by atoms with Crippen LogP contribution in [0, 0.1) is 13.8 Å². The van der Waals surface area contributed by atoms with Gasteiger partial charge in [0, 0.05) is 13.1 Å². The summed E-state index contributed by atoms with van der Waals surface area (Å²) in [6, 6.07) is 8.13. The second kappa shape index (κ2) is 6.97. The van der Waals surface area contributed by atoms with Crippen molar-refractivity contribution in [2.45, 2.75) is 27.3 Å². The van der Waals surface area contributed by atoms with E-state index in [0.29, 0.717) is 11.4 Å². The van der Waals surface area contributed by atoms with Crippen molar-refractivity contribution in [2.75, 3.05) is 11.9 Å². The Hall–Kier alpha value is -2.47. The quantitative estimate of drug-likeness (QED) is 0.744. The Morgan fingerprint density at radius 3 is 2.83 bits per heavy atom. The third-order valence-electron chi connectivity index (χ3n) is 3.81. The minimum Gasteiger partial charge on any atom is -0.370 e. The molecule has 1 amide bonds. The van der Waals surface area contributed by atoms with Gasteiger partial charge in [-0.1, -0.05) is 29.8 Å². The summed E-state index contributed by atoms with van der Waals surface area (Å²) < 4.78 is 0. The van der Waals surface area contributed by atoms with Gasteiger partial charge in [-0.15, -0.1) is 11.3 Å². The van der Waals surface area contributed by atoms with Gasteiger partial charge in [0.05, 0.1) is 10.3 Å². The summed E-state index contributed by atoms with van der Waals surface area (Å²) in [5.74, 6) is 0.716. The van der Waals surface area contributed by atoms with E-state index in [1.54, 1.807) is 0 Å². The Kier molecular flexibility index (Phi) is 4.76. The highest BCUT2D eigenvalue weighted by molar-refractivity contribution is 7.20. The number of fused-ring (bicyclic) bond motifs is 1. The van der Waals surface area contributed by atoms with Crippen molar-refractivity contribution in [3.8, 4) is 0 Å². The lowest BCUT2D eigenvalue weighted by atomic mass is 10.1. The van der Waals surface area contributed by atoms with E-state index < -0.39 is 0 Å². The summed E-state index contributed by atoms with van der Waals surface area (Å²) in [6.45, 7) is 7.30. The van der Waals surface area contributed by atoms with Gasteiger partial charge in [0.2, 0.25) is 0 Å². The number of aromatic nitrogens is 2. The number of carbonyl (C=O) groups excluding carboxylic acids is 1. The smallest absolute Gasteiger partial charge is 0.261 e. The standard InChI is InChI=1S/C18H20N4OS/c1-4-19-16-14-12(3)15(24-18(14)22-10-21-16)17(23)20-9-13-7-5-6-11(2)8-13/h5-8,10H,4,9H2,1-3H3,(H,20,23)(H,19,21,22). The molecule has 0 bridgehead atoms. The molecule has 0 saturated heterocycles. The number of nitrogens with one attached hydrogen (secondary N) is 2. The normalized spacial score (nSPS) is 10.8. The van der Waals surface area contributed by atoms with Gasteiger partial charge >= 0.3 is 0 Å². The average Bonchev–Trinajstić information content (AvgIpc) is 2.91. The molecule has 2 aromatic heterocycles. The number of aryl methyl sites for hydroxylation is 2. The second-order valence-electron chi connectivity index (χ2n) is 5.66. The van der Waals surface area contributed by atoms with Crippen LogP contribution in [0.1, 0.15) is 33.3 Å². The molecule has 0 fully saturated rings. The number of thiophene rings is 1. The van der Waals surface area contributed by atoms with Crippen molar-refractivity contribution in [2.24, 2.45) is 0 Å². The van der Waals surface area contributed by atoms with Crippen LogP contribution in [0.4, 0.5) is 5.82 Å². The van der Waals surface area contributed by atoms with Crippen molar-refractivity contribution < 1.29 is 4.79 Å².